The Hall–Kier alpha value is -2.18. The highest BCUT2D eigenvalue weighted by atomic mass is 16.5. The maximum absolute atomic E-state index is 12.3. The molecule has 1 aliphatic heterocycles. The summed E-state index contributed by atoms with van der Waals surface area (Å²) in [6.07, 6.45) is 2.33. The van der Waals surface area contributed by atoms with Gasteiger partial charge < -0.3 is 10.1 Å². The molecule has 1 aromatic heterocycles. The molecule has 0 spiro atoms. The summed E-state index contributed by atoms with van der Waals surface area (Å²) in [5.74, 6) is 0.0699. The molecule has 0 atom stereocenters. The number of carbonyl (C=O) groups excluding carboxylic acids is 1. The zero-order valence-corrected chi connectivity index (χ0v) is 16.6. The van der Waals surface area contributed by atoms with E-state index in [1.165, 1.54) is 5.56 Å². The SMILES string of the molecule is COC1CCN(CC(=O)NCc2c(C)nn(Cc3ccccc3)c2C)CC1. The Bertz CT molecular complexity index is 749. The summed E-state index contributed by atoms with van der Waals surface area (Å²) in [6.45, 7) is 7.63. The van der Waals surface area contributed by atoms with Crippen LogP contribution in [-0.4, -0.2) is 53.4 Å². The molecule has 1 N–H and O–H groups in total. The fourth-order valence-corrected chi connectivity index (χ4v) is 3.65. The van der Waals surface area contributed by atoms with E-state index < -0.39 is 0 Å². The van der Waals surface area contributed by atoms with Gasteiger partial charge in [0.1, 0.15) is 0 Å². The van der Waals surface area contributed by atoms with Crippen LogP contribution in [0.4, 0.5) is 0 Å². The normalized spacial score (nSPS) is 15.8. The van der Waals surface area contributed by atoms with Crippen molar-refractivity contribution in [2.24, 2.45) is 0 Å². The molecule has 1 saturated heterocycles. The third-order valence-electron chi connectivity index (χ3n) is 5.40. The first-order valence-corrected chi connectivity index (χ1v) is 9.65. The second kappa shape index (κ2) is 9.15. The van der Waals surface area contributed by atoms with Crippen molar-refractivity contribution in [3.05, 3.63) is 52.8 Å². The van der Waals surface area contributed by atoms with Gasteiger partial charge in [0.2, 0.25) is 5.91 Å². The van der Waals surface area contributed by atoms with Crippen LogP contribution < -0.4 is 5.32 Å². The lowest BCUT2D eigenvalue weighted by Crippen LogP contribution is -2.42. The molecule has 27 heavy (non-hydrogen) atoms. The summed E-state index contributed by atoms with van der Waals surface area (Å²) in [6, 6.07) is 10.3. The Labute approximate surface area is 161 Å². The minimum absolute atomic E-state index is 0.0699. The zero-order chi connectivity index (χ0) is 19.2. The number of benzene rings is 1. The van der Waals surface area contributed by atoms with E-state index in [9.17, 15) is 4.79 Å². The van der Waals surface area contributed by atoms with Gasteiger partial charge in [-0.25, -0.2) is 0 Å². The summed E-state index contributed by atoms with van der Waals surface area (Å²) in [4.78, 5) is 14.5. The number of nitrogens with one attached hydrogen (secondary N) is 1. The van der Waals surface area contributed by atoms with Gasteiger partial charge in [-0.15, -0.1) is 0 Å². The predicted molar refractivity (Wildman–Crippen MR) is 106 cm³/mol. The van der Waals surface area contributed by atoms with Gasteiger partial charge in [0.15, 0.2) is 0 Å². The number of likely N-dealkylation sites (tertiary alicyclic amines) is 1. The number of piperidine rings is 1. The highest BCUT2D eigenvalue weighted by Crippen LogP contribution is 2.15. The monoisotopic (exact) mass is 370 g/mol. The van der Waals surface area contributed by atoms with Crippen molar-refractivity contribution < 1.29 is 9.53 Å². The zero-order valence-electron chi connectivity index (χ0n) is 16.6. The molecule has 1 aliphatic rings. The molecule has 0 bridgehead atoms. The van der Waals surface area contributed by atoms with Gasteiger partial charge in [-0.05, 0) is 32.3 Å². The van der Waals surface area contributed by atoms with E-state index in [4.69, 9.17) is 4.74 Å². The first-order valence-electron chi connectivity index (χ1n) is 9.65. The fraction of sp³-hybridized carbons (Fsp3) is 0.524. The van der Waals surface area contributed by atoms with Gasteiger partial charge in [-0.3, -0.25) is 14.4 Å². The van der Waals surface area contributed by atoms with Gasteiger partial charge >= 0.3 is 0 Å². The largest absolute Gasteiger partial charge is 0.381 e. The molecule has 2 heterocycles. The molecule has 0 unspecified atom stereocenters. The smallest absolute Gasteiger partial charge is 0.234 e. The van der Waals surface area contributed by atoms with E-state index in [0.29, 0.717) is 19.2 Å². The van der Waals surface area contributed by atoms with Crippen molar-refractivity contribution in [1.82, 2.24) is 20.0 Å². The number of nitrogens with zero attached hydrogens (tertiary/aromatic N) is 3. The van der Waals surface area contributed by atoms with E-state index >= 15 is 0 Å². The first-order chi connectivity index (χ1) is 13.1. The predicted octanol–water partition coefficient (Wildman–Crippen LogP) is 2.28. The third kappa shape index (κ3) is 5.17. The lowest BCUT2D eigenvalue weighted by atomic mass is 10.1. The van der Waals surface area contributed by atoms with Crippen LogP contribution in [0.3, 0.4) is 0 Å². The first kappa shape index (κ1) is 19.6. The Kier molecular flexibility index (Phi) is 6.63. The Morgan fingerprint density at radius 3 is 2.59 bits per heavy atom. The Balaban J connectivity index is 1.52. The molecule has 2 aromatic rings. The summed E-state index contributed by atoms with van der Waals surface area (Å²) < 4.78 is 7.40. The number of hydrogen-bond donors (Lipinski definition) is 1. The molecule has 3 rings (SSSR count). The van der Waals surface area contributed by atoms with Crippen molar-refractivity contribution in [3.63, 3.8) is 0 Å². The average molecular weight is 370 g/mol. The summed E-state index contributed by atoms with van der Waals surface area (Å²) in [7, 11) is 1.76. The highest BCUT2D eigenvalue weighted by molar-refractivity contribution is 5.78. The average Bonchev–Trinajstić information content (AvgIpc) is 2.94. The Morgan fingerprint density at radius 2 is 1.93 bits per heavy atom. The number of aromatic nitrogens is 2. The number of methoxy groups -OCH3 is 1. The quantitative estimate of drug-likeness (QED) is 0.812. The van der Waals surface area contributed by atoms with Crippen LogP contribution in [0.1, 0.15) is 35.4 Å². The van der Waals surface area contributed by atoms with Crippen molar-refractivity contribution in [3.8, 4) is 0 Å². The molecular formula is C21H30N4O2. The Morgan fingerprint density at radius 1 is 1.22 bits per heavy atom. The molecule has 1 amide bonds. The van der Waals surface area contributed by atoms with Crippen LogP contribution >= 0.6 is 0 Å². The standard InChI is InChI=1S/C21H30N4O2/c1-16-20(17(2)25(23-16)14-18-7-5-4-6-8-18)13-22-21(26)15-24-11-9-19(27-3)10-12-24/h4-8,19H,9-15H2,1-3H3,(H,22,26). The topological polar surface area (TPSA) is 59.4 Å². The van der Waals surface area contributed by atoms with Gasteiger partial charge in [0.05, 0.1) is 24.9 Å². The number of ether oxygens (including phenoxy) is 1. The number of rotatable bonds is 7. The van der Waals surface area contributed by atoms with E-state index in [1.54, 1.807) is 7.11 Å². The second-order valence-electron chi connectivity index (χ2n) is 7.28. The summed E-state index contributed by atoms with van der Waals surface area (Å²) in [5, 5.41) is 7.72. The number of amides is 1. The van der Waals surface area contributed by atoms with Crippen LogP contribution in [0.25, 0.3) is 0 Å². The van der Waals surface area contributed by atoms with Crippen molar-refractivity contribution in [2.75, 3.05) is 26.7 Å². The molecule has 6 nitrogen and oxygen atoms in total. The molecule has 0 saturated carbocycles. The second-order valence-corrected chi connectivity index (χ2v) is 7.28. The molecule has 0 radical (unpaired) electrons. The molecule has 0 aliphatic carbocycles. The molecule has 1 aromatic carbocycles. The lowest BCUT2D eigenvalue weighted by molar-refractivity contribution is -0.123. The van der Waals surface area contributed by atoms with E-state index in [2.05, 4.69) is 34.4 Å². The van der Waals surface area contributed by atoms with E-state index in [0.717, 1.165) is 49.4 Å². The summed E-state index contributed by atoms with van der Waals surface area (Å²) >= 11 is 0. The lowest BCUT2D eigenvalue weighted by Gasteiger charge is -2.30. The fourth-order valence-electron chi connectivity index (χ4n) is 3.65. The minimum atomic E-state index is 0.0699. The van der Waals surface area contributed by atoms with Gasteiger partial charge in [0.25, 0.3) is 0 Å². The maximum Gasteiger partial charge on any atom is 0.234 e. The van der Waals surface area contributed by atoms with Gasteiger partial charge in [-0.1, -0.05) is 30.3 Å². The third-order valence-corrected chi connectivity index (χ3v) is 5.40. The minimum Gasteiger partial charge on any atom is -0.381 e. The van der Waals surface area contributed by atoms with Crippen LogP contribution in [-0.2, 0) is 22.6 Å². The van der Waals surface area contributed by atoms with E-state index in [-0.39, 0.29) is 5.91 Å². The van der Waals surface area contributed by atoms with Gasteiger partial charge in [-0.2, -0.15) is 5.10 Å². The highest BCUT2D eigenvalue weighted by Gasteiger charge is 2.20. The molecular weight excluding hydrogens is 340 g/mol. The molecule has 6 heteroatoms. The van der Waals surface area contributed by atoms with Crippen molar-refractivity contribution >= 4 is 5.91 Å². The summed E-state index contributed by atoms with van der Waals surface area (Å²) in [5.41, 5.74) is 4.41. The van der Waals surface area contributed by atoms with Crippen molar-refractivity contribution in [2.45, 2.75) is 45.9 Å². The van der Waals surface area contributed by atoms with Crippen LogP contribution in [0.15, 0.2) is 30.3 Å². The van der Waals surface area contributed by atoms with Crippen LogP contribution in [0.5, 0.6) is 0 Å². The number of carbonyl (C=O) groups is 1. The number of aryl methyl sites for hydroxylation is 1. The van der Waals surface area contributed by atoms with Gasteiger partial charge in [0, 0.05) is 38.0 Å². The molecule has 1 fully saturated rings. The van der Waals surface area contributed by atoms with E-state index in [1.807, 2.05) is 29.8 Å². The van der Waals surface area contributed by atoms with Crippen molar-refractivity contribution in [1.29, 1.82) is 0 Å². The van der Waals surface area contributed by atoms with Crippen LogP contribution in [0, 0.1) is 13.8 Å². The van der Waals surface area contributed by atoms with Crippen LogP contribution in [0.2, 0.25) is 0 Å². The molecule has 146 valence electrons. The number of hydrogen-bond acceptors (Lipinski definition) is 4. The maximum atomic E-state index is 12.3.